The molecule has 3 heterocycles. The predicted octanol–water partition coefficient (Wildman–Crippen LogP) is 4.34. The Kier molecular flexibility index (Phi) is 5.31. The number of fused-ring (bicyclic) bond motifs is 2. The van der Waals surface area contributed by atoms with Gasteiger partial charge >= 0.3 is 6.18 Å². The van der Waals surface area contributed by atoms with Crippen LogP contribution < -0.4 is 15.1 Å². The van der Waals surface area contributed by atoms with Crippen molar-refractivity contribution in [3.05, 3.63) is 60.3 Å². The quantitative estimate of drug-likeness (QED) is 0.566. The Balaban J connectivity index is 1.28. The number of nitrogens with zero attached hydrogens (tertiary/aromatic N) is 4. The van der Waals surface area contributed by atoms with E-state index in [-0.39, 0.29) is 19.5 Å². The second-order valence-electron chi connectivity index (χ2n) is 9.94. The fraction of sp³-hybridized carbons (Fsp3) is 0.370. The number of hydrogen-bond donors (Lipinski definition) is 1. The Morgan fingerprint density at radius 2 is 1.81 bits per heavy atom. The van der Waals surface area contributed by atoms with Crippen molar-refractivity contribution < 1.29 is 22.7 Å². The van der Waals surface area contributed by atoms with Crippen molar-refractivity contribution in [2.45, 2.75) is 12.6 Å². The van der Waals surface area contributed by atoms with Gasteiger partial charge in [0.1, 0.15) is 11.5 Å². The number of nitriles is 1. The van der Waals surface area contributed by atoms with Gasteiger partial charge in [0, 0.05) is 54.8 Å². The largest absolute Gasteiger partial charge is 0.397 e. The molecule has 2 atom stereocenters. The summed E-state index contributed by atoms with van der Waals surface area (Å²) in [6.45, 7) is 2.41. The number of pyridine rings is 1. The highest BCUT2D eigenvalue weighted by Gasteiger charge is 2.86. The third-order valence-corrected chi connectivity index (χ3v) is 8.00. The number of morpholine rings is 1. The first-order valence-corrected chi connectivity index (χ1v) is 12.1. The van der Waals surface area contributed by atoms with Crippen LogP contribution in [0.4, 0.5) is 30.2 Å². The molecular formula is C27H24F3N5O2. The van der Waals surface area contributed by atoms with Gasteiger partial charge in [-0.15, -0.1) is 0 Å². The van der Waals surface area contributed by atoms with E-state index in [1.54, 1.807) is 47.5 Å². The number of aromatic nitrogens is 1. The van der Waals surface area contributed by atoms with Gasteiger partial charge in [-0.25, -0.2) is 0 Å². The van der Waals surface area contributed by atoms with E-state index in [0.717, 1.165) is 18.8 Å². The number of ether oxygens (including phenoxy) is 1. The smallest absolute Gasteiger partial charge is 0.378 e. The molecule has 7 nitrogen and oxygen atoms in total. The Morgan fingerprint density at radius 1 is 1.05 bits per heavy atom. The van der Waals surface area contributed by atoms with E-state index in [4.69, 9.17) is 4.74 Å². The third-order valence-electron chi connectivity index (χ3n) is 8.00. The van der Waals surface area contributed by atoms with Gasteiger partial charge in [-0.3, -0.25) is 9.78 Å². The van der Waals surface area contributed by atoms with Gasteiger partial charge in [0.05, 0.1) is 29.7 Å². The lowest BCUT2D eigenvalue weighted by atomic mass is 9.94. The van der Waals surface area contributed by atoms with Gasteiger partial charge < -0.3 is 19.9 Å². The second kappa shape index (κ2) is 8.35. The predicted molar refractivity (Wildman–Crippen MR) is 132 cm³/mol. The third kappa shape index (κ3) is 3.60. The monoisotopic (exact) mass is 507 g/mol. The molecule has 6 rings (SSSR count). The molecule has 1 saturated carbocycles. The van der Waals surface area contributed by atoms with Crippen LogP contribution in [0, 0.1) is 22.2 Å². The zero-order chi connectivity index (χ0) is 25.8. The molecule has 3 aliphatic rings. The van der Waals surface area contributed by atoms with E-state index >= 15 is 0 Å². The molecule has 2 aliphatic heterocycles. The average molecular weight is 508 g/mol. The number of anilines is 3. The summed E-state index contributed by atoms with van der Waals surface area (Å²) < 4.78 is 48.7. The fourth-order valence-corrected chi connectivity index (χ4v) is 5.95. The van der Waals surface area contributed by atoms with Gasteiger partial charge in [0.2, 0.25) is 5.91 Å². The summed E-state index contributed by atoms with van der Waals surface area (Å²) in [5, 5.41) is 12.8. The van der Waals surface area contributed by atoms with Crippen molar-refractivity contribution in [2.75, 3.05) is 54.5 Å². The van der Waals surface area contributed by atoms with E-state index in [1.165, 1.54) is 0 Å². The van der Waals surface area contributed by atoms with Crippen molar-refractivity contribution in [1.29, 1.82) is 5.26 Å². The zero-order valence-corrected chi connectivity index (χ0v) is 19.9. The summed E-state index contributed by atoms with van der Waals surface area (Å²) in [4.78, 5) is 21.5. The van der Waals surface area contributed by atoms with E-state index in [9.17, 15) is 23.2 Å². The highest BCUT2D eigenvalue weighted by molar-refractivity contribution is 6.01. The van der Waals surface area contributed by atoms with E-state index < -0.39 is 22.9 Å². The molecule has 2 saturated heterocycles. The Hall–Kier alpha value is -3.84. The number of nitrogens with one attached hydrogen (secondary N) is 1. The molecule has 3 aromatic rings. The second-order valence-corrected chi connectivity index (χ2v) is 9.94. The van der Waals surface area contributed by atoms with Crippen molar-refractivity contribution in [3.8, 4) is 6.07 Å². The number of hydrogen-bond acceptors (Lipinski definition) is 6. The van der Waals surface area contributed by atoms with Crippen molar-refractivity contribution >= 4 is 33.9 Å². The lowest BCUT2D eigenvalue weighted by Gasteiger charge is -2.29. The van der Waals surface area contributed by atoms with Gasteiger partial charge in [-0.1, -0.05) is 0 Å². The van der Waals surface area contributed by atoms with Crippen molar-refractivity contribution in [1.82, 2.24) is 4.98 Å². The van der Waals surface area contributed by atoms with Crippen LogP contribution in [0.3, 0.4) is 0 Å². The Bertz CT molecular complexity index is 1410. The maximum Gasteiger partial charge on any atom is 0.397 e. The number of carbonyl (C=O) groups is 1. The summed E-state index contributed by atoms with van der Waals surface area (Å²) >= 11 is 0. The highest BCUT2D eigenvalue weighted by Crippen LogP contribution is 2.75. The lowest BCUT2D eigenvalue weighted by Crippen LogP contribution is -2.37. The fourth-order valence-electron chi connectivity index (χ4n) is 5.95. The molecule has 0 bridgehead atoms. The standard InChI is InChI=1S/C27H24F3N5O2/c28-27(29,30)26-15-25(26,24(36)33-19-4-6-20(7-5-19)34-10-12-37-13-11-34)16-35(17-26)22-8-3-18(14-31)23-21(22)2-1-9-32-23/h1-9H,10-13,15-17H2,(H,33,36)/t25-,26-/m0/s1. The molecular weight excluding hydrogens is 483 g/mol. The van der Waals surface area contributed by atoms with E-state index in [2.05, 4.69) is 21.3 Å². The van der Waals surface area contributed by atoms with Crippen LogP contribution in [0.25, 0.3) is 10.9 Å². The zero-order valence-electron chi connectivity index (χ0n) is 19.9. The van der Waals surface area contributed by atoms with Crippen LogP contribution in [0.15, 0.2) is 54.7 Å². The van der Waals surface area contributed by atoms with Crippen LogP contribution >= 0.6 is 0 Å². The van der Waals surface area contributed by atoms with Crippen LogP contribution in [-0.2, 0) is 9.53 Å². The topological polar surface area (TPSA) is 81.5 Å². The van der Waals surface area contributed by atoms with Gasteiger partial charge in [0.25, 0.3) is 0 Å². The summed E-state index contributed by atoms with van der Waals surface area (Å²) in [7, 11) is 0. The van der Waals surface area contributed by atoms with Crippen LogP contribution in [0.1, 0.15) is 12.0 Å². The van der Waals surface area contributed by atoms with E-state index in [0.29, 0.717) is 41.1 Å². The molecule has 2 aromatic carbocycles. The normalized spacial score (nSPS) is 25.0. The molecule has 3 fully saturated rings. The Morgan fingerprint density at radius 3 is 2.51 bits per heavy atom. The minimum absolute atomic E-state index is 0.0693. The average Bonchev–Trinajstić information content (AvgIpc) is 3.46. The molecule has 1 N–H and O–H groups in total. The number of carbonyl (C=O) groups excluding carboxylic acids is 1. The summed E-state index contributed by atoms with van der Waals surface area (Å²) in [5.41, 5.74) is -0.948. The van der Waals surface area contributed by atoms with Crippen molar-refractivity contribution in [3.63, 3.8) is 0 Å². The number of amides is 1. The number of alkyl halides is 3. The number of rotatable bonds is 4. The lowest BCUT2D eigenvalue weighted by molar-refractivity contribution is -0.191. The maximum absolute atomic E-state index is 14.4. The van der Waals surface area contributed by atoms with Crippen molar-refractivity contribution in [2.24, 2.45) is 10.8 Å². The summed E-state index contributed by atoms with van der Waals surface area (Å²) in [5.74, 6) is -0.623. The molecule has 0 unspecified atom stereocenters. The molecule has 190 valence electrons. The molecule has 37 heavy (non-hydrogen) atoms. The molecule has 1 aromatic heterocycles. The first-order chi connectivity index (χ1) is 17.8. The molecule has 0 spiro atoms. The number of benzene rings is 2. The molecule has 1 amide bonds. The molecule has 1 aliphatic carbocycles. The van der Waals surface area contributed by atoms with Crippen LogP contribution in [0.2, 0.25) is 0 Å². The SMILES string of the molecule is N#Cc1ccc(N2C[C@]3(C(=O)Nc4ccc(N5CCOCC5)cc4)C[C@]3(C(F)(F)F)C2)c2cccnc12. The highest BCUT2D eigenvalue weighted by atomic mass is 19.4. The summed E-state index contributed by atoms with van der Waals surface area (Å²) in [6, 6.07) is 15.9. The van der Waals surface area contributed by atoms with Crippen LogP contribution in [0.5, 0.6) is 0 Å². The molecule has 10 heteroatoms. The van der Waals surface area contributed by atoms with E-state index in [1.807, 2.05) is 12.1 Å². The van der Waals surface area contributed by atoms with Gasteiger partial charge in [0.15, 0.2) is 0 Å². The van der Waals surface area contributed by atoms with Gasteiger partial charge in [-0.2, -0.15) is 18.4 Å². The Labute approximate surface area is 211 Å². The molecule has 0 radical (unpaired) electrons. The maximum atomic E-state index is 14.4. The number of piperidine rings is 1. The van der Waals surface area contributed by atoms with Crippen LogP contribution in [-0.4, -0.2) is 56.5 Å². The van der Waals surface area contributed by atoms with Gasteiger partial charge in [-0.05, 0) is 55.0 Å². The minimum Gasteiger partial charge on any atom is -0.378 e. The first kappa shape index (κ1) is 23.6. The first-order valence-electron chi connectivity index (χ1n) is 12.1. The summed E-state index contributed by atoms with van der Waals surface area (Å²) in [6.07, 6.45) is -3.24. The minimum atomic E-state index is -4.54. The number of halogens is 3.